The fourth-order valence-electron chi connectivity index (χ4n) is 2.85. The predicted octanol–water partition coefficient (Wildman–Crippen LogP) is 4.47. The number of hydrogen-bond donors (Lipinski definition) is 1. The van der Waals surface area contributed by atoms with Crippen molar-refractivity contribution in [1.29, 1.82) is 0 Å². The molecular formula is C21H19Cl2N3O4. The summed E-state index contributed by atoms with van der Waals surface area (Å²) in [5, 5.41) is 8.20. The van der Waals surface area contributed by atoms with Crippen molar-refractivity contribution in [2.45, 2.75) is 32.9 Å². The maximum atomic E-state index is 12.8. The monoisotopic (exact) mass is 447 g/mol. The van der Waals surface area contributed by atoms with Gasteiger partial charge in [-0.1, -0.05) is 41.4 Å². The molecule has 0 saturated heterocycles. The molecule has 3 aromatic rings. The van der Waals surface area contributed by atoms with Gasteiger partial charge in [0.25, 0.3) is 11.5 Å². The first-order valence-corrected chi connectivity index (χ1v) is 9.92. The van der Waals surface area contributed by atoms with Crippen molar-refractivity contribution in [1.82, 2.24) is 9.78 Å². The number of carbonyl (C=O) groups excluding carboxylic acids is 2. The van der Waals surface area contributed by atoms with E-state index in [9.17, 15) is 14.4 Å². The molecule has 0 fully saturated rings. The summed E-state index contributed by atoms with van der Waals surface area (Å²) in [6.45, 7) is 5.00. The third kappa shape index (κ3) is 4.63. The van der Waals surface area contributed by atoms with Gasteiger partial charge in [-0.05, 0) is 45.0 Å². The lowest BCUT2D eigenvalue weighted by Gasteiger charge is -2.16. The van der Waals surface area contributed by atoms with Crippen molar-refractivity contribution in [3.63, 3.8) is 0 Å². The zero-order valence-electron chi connectivity index (χ0n) is 16.5. The number of benzene rings is 2. The van der Waals surface area contributed by atoms with Crippen LogP contribution in [0.2, 0.25) is 10.0 Å². The van der Waals surface area contributed by atoms with Crippen LogP contribution in [-0.4, -0.2) is 27.8 Å². The Kier molecular flexibility index (Phi) is 6.43. The van der Waals surface area contributed by atoms with E-state index in [1.165, 1.54) is 29.8 Å². The molecule has 1 atom stereocenters. The molecule has 3 rings (SSSR count). The number of fused-ring (bicyclic) bond motifs is 1. The highest BCUT2D eigenvalue weighted by molar-refractivity contribution is 6.35. The van der Waals surface area contributed by atoms with Gasteiger partial charge < -0.3 is 10.1 Å². The Morgan fingerprint density at radius 3 is 2.23 bits per heavy atom. The van der Waals surface area contributed by atoms with Crippen molar-refractivity contribution >= 4 is 51.5 Å². The normalized spacial score (nSPS) is 12.1. The molecule has 1 heterocycles. The quantitative estimate of drug-likeness (QED) is 0.582. The molecule has 0 aliphatic rings. The van der Waals surface area contributed by atoms with Gasteiger partial charge in [0.1, 0.15) is 0 Å². The Morgan fingerprint density at radius 1 is 1.03 bits per heavy atom. The standard InChI is InChI=1S/C21H19Cl2N3O4/c1-11(2)26-20(28)17-7-5-4-6-16(17)18(25-26)21(29)30-12(3)19(27)24-15-9-13(22)8-14(23)10-15/h4-12H,1-3H3,(H,24,27). The summed E-state index contributed by atoms with van der Waals surface area (Å²) in [5.41, 5.74) is 0.0301. The van der Waals surface area contributed by atoms with Gasteiger partial charge in [-0.15, -0.1) is 0 Å². The van der Waals surface area contributed by atoms with Crippen LogP contribution in [0.15, 0.2) is 47.3 Å². The second-order valence-electron chi connectivity index (χ2n) is 6.93. The van der Waals surface area contributed by atoms with Crippen LogP contribution in [0.4, 0.5) is 5.69 Å². The molecule has 1 aromatic heterocycles. The van der Waals surface area contributed by atoms with Crippen LogP contribution in [-0.2, 0) is 9.53 Å². The summed E-state index contributed by atoms with van der Waals surface area (Å²) >= 11 is 11.9. The minimum atomic E-state index is -1.13. The molecule has 30 heavy (non-hydrogen) atoms. The van der Waals surface area contributed by atoms with Crippen molar-refractivity contribution in [3.05, 3.63) is 68.6 Å². The summed E-state index contributed by atoms with van der Waals surface area (Å²) in [5.74, 6) is -1.38. The molecule has 7 nitrogen and oxygen atoms in total. The maximum Gasteiger partial charge on any atom is 0.360 e. The van der Waals surface area contributed by atoms with E-state index >= 15 is 0 Å². The molecule has 0 spiro atoms. The predicted molar refractivity (Wildman–Crippen MR) is 116 cm³/mol. The number of esters is 1. The third-order valence-corrected chi connectivity index (χ3v) is 4.73. The van der Waals surface area contributed by atoms with E-state index in [1.54, 1.807) is 38.1 Å². The summed E-state index contributed by atoms with van der Waals surface area (Å²) in [6, 6.07) is 10.9. The second kappa shape index (κ2) is 8.85. The fraction of sp³-hybridized carbons (Fsp3) is 0.238. The Bertz CT molecular complexity index is 1170. The Balaban J connectivity index is 1.86. The van der Waals surface area contributed by atoms with Gasteiger partial charge in [0, 0.05) is 21.1 Å². The van der Waals surface area contributed by atoms with Gasteiger partial charge in [0.05, 0.1) is 11.4 Å². The van der Waals surface area contributed by atoms with Gasteiger partial charge in [-0.3, -0.25) is 9.59 Å². The van der Waals surface area contributed by atoms with Crippen molar-refractivity contribution in [2.75, 3.05) is 5.32 Å². The molecule has 1 N–H and O–H groups in total. The van der Waals surface area contributed by atoms with E-state index in [-0.39, 0.29) is 17.3 Å². The van der Waals surface area contributed by atoms with E-state index in [1.807, 2.05) is 0 Å². The van der Waals surface area contributed by atoms with Gasteiger partial charge in [-0.2, -0.15) is 5.10 Å². The average Bonchev–Trinajstić information content (AvgIpc) is 2.67. The highest BCUT2D eigenvalue weighted by Gasteiger charge is 2.24. The zero-order chi connectivity index (χ0) is 22.0. The lowest BCUT2D eigenvalue weighted by Crippen LogP contribution is -2.32. The number of hydrogen-bond acceptors (Lipinski definition) is 5. The largest absolute Gasteiger partial charge is 0.448 e. The third-order valence-electron chi connectivity index (χ3n) is 4.29. The molecule has 0 bridgehead atoms. The van der Waals surface area contributed by atoms with E-state index in [2.05, 4.69) is 10.4 Å². The second-order valence-corrected chi connectivity index (χ2v) is 7.81. The molecule has 156 valence electrons. The molecular weight excluding hydrogens is 429 g/mol. The van der Waals surface area contributed by atoms with Crippen LogP contribution < -0.4 is 10.9 Å². The van der Waals surface area contributed by atoms with Crippen molar-refractivity contribution in [3.8, 4) is 0 Å². The number of anilines is 1. The minimum absolute atomic E-state index is 0.0376. The van der Waals surface area contributed by atoms with Gasteiger partial charge in [0.15, 0.2) is 11.8 Å². The minimum Gasteiger partial charge on any atom is -0.448 e. The van der Waals surface area contributed by atoms with E-state index < -0.39 is 18.0 Å². The summed E-state index contributed by atoms with van der Waals surface area (Å²) in [7, 11) is 0. The average molecular weight is 448 g/mol. The zero-order valence-corrected chi connectivity index (χ0v) is 18.0. The number of halogens is 2. The topological polar surface area (TPSA) is 90.3 Å². The van der Waals surface area contributed by atoms with E-state index in [0.29, 0.717) is 26.5 Å². The van der Waals surface area contributed by atoms with Crippen LogP contribution in [0.5, 0.6) is 0 Å². The lowest BCUT2D eigenvalue weighted by molar-refractivity contribution is -0.123. The number of rotatable bonds is 5. The highest BCUT2D eigenvalue weighted by atomic mass is 35.5. The van der Waals surface area contributed by atoms with Crippen LogP contribution in [0, 0.1) is 0 Å². The SMILES string of the molecule is CC(OC(=O)c1nn(C(C)C)c(=O)c2ccccc12)C(=O)Nc1cc(Cl)cc(Cl)c1. The van der Waals surface area contributed by atoms with Crippen LogP contribution in [0.1, 0.15) is 37.3 Å². The number of ether oxygens (including phenoxy) is 1. The van der Waals surface area contributed by atoms with Crippen molar-refractivity contribution < 1.29 is 14.3 Å². The van der Waals surface area contributed by atoms with Crippen LogP contribution in [0.3, 0.4) is 0 Å². The molecule has 0 aliphatic carbocycles. The Morgan fingerprint density at radius 2 is 1.63 bits per heavy atom. The Labute approximate surface area is 182 Å². The smallest absolute Gasteiger partial charge is 0.360 e. The molecule has 0 radical (unpaired) electrons. The van der Waals surface area contributed by atoms with Crippen LogP contribution >= 0.6 is 23.2 Å². The number of aromatic nitrogens is 2. The highest BCUT2D eigenvalue weighted by Crippen LogP contribution is 2.23. The molecule has 0 aliphatic heterocycles. The lowest BCUT2D eigenvalue weighted by atomic mass is 10.1. The van der Waals surface area contributed by atoms with Crippen LogP contribution in [0.25, 0.3) is 10.8 Å². The number of amides is 1. The molecule has 1 amide bonds. The van der Waals surface area contributed by atoms with Gasteiger partial charge in [0.2, 0.25) is 0 Å². The first-order chi connectivity index (χ1) is 14.2. The number of nitrogens with zero attached hydrogens (tertiary/aromatic N) is 2. The Hall–Kier alpha value is -2.90. The summed E-state index contributed by atoms with van der Waals surface area (Å²) in [6.07, 6.45) is -1.13. The number of carbonyl (C=O) groups is 2. The summed E-state index contributed by atoms with van der Waals surface area (Å²) < 4.78 is 6.54. The van der Waals surface area contributed by atoms with E-state index in [4.69, 9.17) is 27.9 Å². The fourth-order valence-corrected chi connectivity index (χ4v) is 3.37. The first-order valence-electron chi connectivity index (χ1n) is 9.17. The van der Waals surface area contributed by atoms with E-state index in [0.717, 1.165) is 0 Å². The van der Waals surface area contributed by atoms with Gasteiger partial charge in [-0.25, -0.2) is 9.48 Å². The van der Waals surface area contributed by atoms with Gasteiger partial charge >= 0.3 is 5.97 Å². The van der Waals surface area contributed by atoms with Crippen molar-refractivity contribution in [2.24, 2.45) is 0 Å². The molecule has 1 unspecified atom stereocenters. The molecule has 2 aromatic carbocycles. The molecule has 0 saturated carbocycles. The number of nitrogens with one attached hydrogen (secondary N) is 1. The maximum absolute atomic E-state index is 12.8. The summed E-state index contributed by atoms with van der Waals surface area (Å²) in [4.78, 5) is 37.8. The molecule has 9 heteroatoms. The first kappa shape index (κ1) is 21.8.